The number of benzene rings is 2. The molecule has 1 aliphatic heterocycles. The van der Waals surface area contributed by atoms with E-state index in [-0.39, 0.29) is 18.0 Å². The second-order valence-corrected chi connectivity index (χ2v) is 7.74. The van der Waals surface area contributed by atoms with Crippen LogP contribution in [0.25, 0.3) is 0 Å². The predicted octanol–water partition coefficient (Wildman–Crippen LogP) is 3.88. The van der Waals surface area contributed by atoms with Gasteiger partial charge in [0.05, 0.1) is 24.7 Å². The van der Waals surface area contributed by atoms with Gasteiger partial charge in [0, 0.05) is 17.3 Å². The molecule has 1 atom stereocenters. The van der Waals surface area contributed by atoms with E-state index in [9.17, 15) is 9.59 Å². The molecule has 28 heavy (non-hydrogen) atoms. The summed E-state index contributed by atoms with van der Waals surface area (Å²) in [7, 11) is 0. The molecule has 3 N–H and O–H groups in total. The zero-order chi connectivity index (χ0) is 20.1. The summed E-state index contributed by atoms with van der Waals surface area (Å²) in [6, 6.07) is 14.3. The van der Waals surface area contributed by atoms with Crippen molar-refractivity contribution in [1.29, 1.82) is 0 Å². The van der Waals surface area contributed by atoms with Crippen molar-refractivity contribution in [3.8, 4) is 0 Å². The summed E-state index contributed by atoms with van der Waals surface area (Å²) in [6.07, 6.45) is 0. The van der Waals surface area contributed by atoms with Crippen LogP contribution in [0, 0.1) is 5.41 Å². The fraction of sp³-hybridized carbons (Fsp3) is 0.333. The van der Waals surface area contributed by atoms with Crippen molar-refractivity contribution in [2.75, 3.05) is 18.5 Å². The molecule has 0 aliphatic carbocycles. The summed E-state index contributed by atoms with van der Waals surface area (Å²) in [4.78, 5) is 24.3. The van der Waals surface area contributed by atoms with E-state index in [2.05, 4.69) is 16.0 Å². The Kier molecular flexibility index (Phi) is 6.21. The van der Waals surface area contributed by atoms with Crippen molar-refractivity contribution < 1.29 is 14.3 Å². The van der Waals surface area contributed by atoms with Crippen LogP contribution in [0.4, 0.5) is 10.5 Å². The van der Waals surface area contributed by atoms with Gasteiger partial charge < -0.3 is 20.7 Å². The lowest BCUT2D eigenvalue weighted by atomic mass is 9.87. The van der Waals surface area contributed by atoms with Gasteiger partial charge in [-0.2, -0.15) is 0 Å². The topological polar surface area (TPSA) is 79.5 Å². The largest absolute Gasteiger partial charge is 0.379 e. The van der Waals surface area contributed by atoms with Gasteiger partial charge >= 0.3 is 6.03 Å². The number of halogens is 1. The predicted molar refractivity (Wildman–Crippen MR) is 109 cm³/mol. The summed E-state index contributed by atoms with van der Waals surface area (Å²) >= 11 is 5.85. The smallest absolute Gasteiger partial charge is 0.319 e. The van der Waals surface area contributed by atoms with Gasteiger partial charge in [0.1, 0.15) is 0 Å². The van der Waals surface area contributed by atoms with Crippen LogP contribution in [-0.2, 0) is 16.1 Å². The third kappa shape index (κ3) is 5.03. The molecule has 1 saturated heterocycles. The van der Waals surface area contributed by atoms with Crippen molar-refractivity contribution in [3.05, 3.63) is 64.7 Å². The number of amides is 3. The van der Waals surface area contributed by atoms with E-state index < -0.39 is 5.41 Å². The number of hydrogen-bond acceptors (Lipinski definition) is 3. The third-order valence-electron chi connectivity index (χ3n) is 4.77. The van der Waals surface area contributed by atoms with E-state index in [0.717, 1.165) is 11.1 Å². The zero-order valence-corrected chi connectivity index (χ0v) is 16.7. The average Bonchev–Trinajstić information content (AvgIpc) is 2.66. The molecule has 1 heterocycles. The molecule has 2 aromatic carbocycles. The Balaban J connectivity index is 1.48. The number of ether oxygens (including phenoxy) is 1. The van der Waals surface area contributed by atoms with Gasteiger partial charge in [0.25, 0.3) is 0 Å². The first-order valence-corrected chi connectivity index (χ1v) is 9.51. The highest BCUT2D eigenvalue weighted by Crippen LogP contribution is 2.28. The quantitative estimate of drug-likeness (QED) is 0.687. The molecule has 1 aliphatic rings. The van der Waals surface area contributed by atoms with Gasteiger partial charge in [-0.1, -0.05) is 35.9 Å². The second kappa shape index (κ2) is 8.63. The van der Waals surface area contributed by atoms with Gasteiger partial charge in [0.15, 0.2) is 0 Å². The van der Waals surface area contributed by atoms with Gasteiger partial charge in [-0.15, -0.1) is 0 Å². The maximum Gasteiger partial charge on any atom is 0.319 e. The summed E-state index contributed by atoms with van der Waals surface area (Å²) in [5.41, 5.74) is 2.17. The summed E-state index contributed by atoms with van der Waals surface area (Å²) < 4.78 is 5.14. The fourth-order valence-electron chi connectivity index (χ4n) is 2.81. The Hall–Kier alpha value is -2.57. The van der Waals surface area contributed by atoms with Crippen molar-refractivity contribution in [1.82, 2.24) is 10.6 Å². The van der Waals surface area contributed by atoms with Crippen molar-refractivity contribution >= 4 is 29.2 Å². The number of anilines is 1. The Morgan fingerprint density at radius 3 is 2.32 bits per heavy atom. The van der Waals surface area contributed by atoms with E-state index in [0.29, 0.717) is 30.5 Å². The molecule has 6 nitrogen and oxygen atoms in total. The maximum atomic E-state index is 12.3. The second-order valence-electron chi connectivity index (χ2n) is 7.30. The fourth-order valence-corrected chi connectivity index (χ4v) is 2.93. The van der Waals surface area contributed by atoms with Crippen LogP contribution in [0.1, 0.15) is 31.0 Å². The van der Waals surface area contributed by atoms with Crippen LogP contribution in [-0.4, -0.2) is 25.2 Å². The molecule has 0 radical (unpaired) electrons. The first-order valence-electron chi connectivity index (χ1n) is 9.14. The minimum absolute atomic E-state index is 0.00460. The number of urea groups is 1. The molecule has 3 amide bonds. The lowest BCUT2D eigenvalue weighted by Crippen LogP contribution is -2.52. The zero-order valence-electron chi connectivity index (χ0n) is 15.9. The molecule has 148 valence electrons. The molecular weight excluding hydrogens is 378 g/mol. The van der Waals surface area contributed by atoms with Crippen LogP contribution < -0.4 is 16.0 Å². The highest BCUT2D eigenvalue weighted by atomic mass is 35.5. The molecule has 0 unspecified atom stereocenters. The minimum atomic E-state index is -0.433. The van der Waals surface area contributed by atoms with E-state index in [1.54, 1.807) is 12.1 Å². The van der Waals surface area contributed by atoms with E-state index in [4.69, 9.17) is 16.3 Å². The molecule has 0 saturated carbocycles. The summed E-state index contributed by atoms with van der Waals surface area (Å²) in [5.74, 6) is -0.00460. The minimum Gasteiger partial charge on any atom is -0.379 e. The van der Waals surface area contributed by atoms with Crippen LogP contribution in [0.3, 0.4) is 0 Å². The first-order chi connectivity index (χ1) is 13.4. The number of nitrogens with one attached hydrogen (secondary N) is 3. The normalized spacial score (nSPS) is 15.8. The number of hydrogen-bond donors (Lipinski definition) is 3. The van der Waals surface area contributed by atoms with Gasteiger partial charge in [-0.05, 0) is 49.2 Å². The van der Waals surface area contributed by atoms with Gasteiger partial charge in [0.2, 0.25) is 5.91 Å². The van der Waals surface area contributed by atoms with Crippen LogP contribution in [0.15, 0.2) is 48.5 Å². The number of carbonyl (C=O) groups is 2. The van der Waals surface area contributed by atoms with Crippen molar-refractivity contribution in [2.45, 2.75) is 26.4 Å². The standard InChI is InChI=1S/C21H24ClN3O3/c1-14(24-19(26)21(2)12-28-13-21)16-5-9-18(10-6-16)25-20(27)23-11-15-3-7-17(22)8-4-15/h3-10,14H,11-13H2,1-2H3,(H,24,26)(H2,23,25,27)/t14-/m0/s1. The Bertz CT molecular complexity index is 833. The molecular formula is C21H24ClN3O3. The van der Waals surface area contributed by atoms with Gasteiger partial charge in [-0.3, -0.25) is 4.79 Å². The van der Waals surface area contributed by atoms with Gasteiger partial charge in [-0.25, -0.2) is 4.79 Å². The molecule has 0 spiro atoms. The van der Waals surface area contributed by atoms with Crippen molar-refractivity contribution in [2.24, 2.45) is 5.41 Å². The Morgan fingerprint density at radius 2 is 1.75 bits per heavy atom. The molecule has 3 rings (SSSR count). The van der Waals surface area contributed by atoms with Crippen LogP contribution in [0.2, 0.25) is 5.02 Å². The van der Waals surface area contributed by atoms with E-state index in [1.165, 1.54) is 0 Å². The number of rotatable bonds is 6. The average molecular weight is 402 g/mol. The highest BCUT2D eigenvalue weighted by Gasteiger charge is 2.41. The maximum absolute atomic E-state index is 12.3. The third-order valence-corrected chi connectivity index (χ3v) is 5.02. The molecule has 2 aromatic rings. The summed E-state index contributed by atoms with van der Waals surface area (Å²) in [5, 5.41) is 9.27. The lowest BCUT2D eigenvalue weighted by Gasteiger charge is -2.37. The molecule has 7 heteroatoms. The SMILES string of the molecule is C[C@H](NC(=O)C1(C)COC1)c1ccc(NC(=O)NCc2ccc(Cl)cc2)cc1. The Morgan fingerprint density at radius 1 is 1.11 bits per heavy atom. The lowest BCUT2D eigenvalue weighted by molar-refractivity contribution is -0.158. The van der Waals surface area contributed by atoms with Crippen LogP contribution >= 0.6 is 11.6 Å². The number of carbonyl (C=O) groups excluding carboxylic acids is 2. The Labute approximate surface area is 169 Å². The molecule has 1 fully saturated rings. The monoisotopic (exact) mass is 401 g/mol. The summed E-state index contributed by atoms with van der Waals surface area (Å²) in [6.45, 7) is 5.15. The van der Waals surface area contributed by atoms with E-state index >= 15 is 0 Å². The first kappa shape index (κ1) is 20.2. The van der Waals surface area contributed by atoms with Crippen molar-refractivity contribution in [3.63, 3.8) is 0 Å². The molecule has 0 bridgehead atoms. The molecule has 0 aromatic heterocycles. The van der Waals surface area contributed by atoms with Crippen LogP contribution in [0.5, 0.6) is 0 Å². The van der Waals surface area contributed by atoms with E-state index in [1.807, 2.05) is 50.2 Å². The highest BCUT2D eigenvalue weighted by molar-refractivity contribution is 6.30.